The number of nitrogens with one attached hydrogen (secondary N) is 1. The van der Waals surface area contributed by atoms with Gasteiger partial charge in [0.2, 0.25) is 0 Å². The van der Waals surface area contributed by atoms with Gasteiger partial charge in [0.1, 0.15) is 5.75 Å². The van der Waals surface area contributed by atoms with Gasteiger partial charge in [0.25, 0.3) is 0 Å². The summed E-state index contributed by atoms with van der Waals surface area (Å²) in [5, 5.41) is 2.86. The van der Waals surface area contributed by atoms with Crippen LogP contribution < -0.4 is 14.4 Å². The first-order valence-corrected chi connectivity index (χ1v) is 7.35. The summed E-state index contributed by atoms with van der Waals surface area (Å²) in [6.45, 7) is 0. The number of thiol groups is 1. The van der Waals surface area contributed by atoms with Gasteiger partial charge in [-0.05, 0) is 24.3 Å². The van der Waals surface area contributed by atoms with Crippen molar-refractivity contribution in [2.45, 2.75) is 0 Å². The third kappa shape index (κ3) is 2.83. The van der Waals surface area contributed by atoms with E-state index in [1.54, 1.807) is 25.6 Å². The molecule has 118 valence electrons. The number of urea groups is 1. The first-order valence-electron chi connectivity index (χ1n) is 6.95. The summed E-state index contributed by atoms with van der Waals surface area (Å²) in [6.07, 6.45) is 1.71. The van der Waals surface area contributed by atoms with Crippen LogP contribution in [0.5, 0.6) is 5.75 Å². The van der Waals surface area contributed by atoms with E-state index in [1.807, 2.05) is 41.9 Å². The molecule has 0 bridgehead atoms. The number of rotatable bonds is 3. The van der Waals surface area contributed by atoms with Crippen molar-refractivity contribution in [3.8, 4) is 5.75 Å². The van der Waals surface area contributed by atoms with Crippen LogP contribution in [0.1, 0.15) is 0 Å². The number of aromatic nitrogens is 2. The number of methoxy groups -OCH3 is 1. The number of imidazole rings is 1. The minimum absolute atomic E-state index is 0.383. The molecule has 0 aliphatic heterocycles. The van der Waals surface area contributed by atoms with Gasteiger partial charge >= 0.3 is 6.03 Å². The van der Waals surface area contributed by atoms with Crippen molar-refractivity contribution >= 4 is 41.3 Å². The van der Waals surface area contributed by atoms with Gasteiger partial charge in [0.15, 0.2) is 0 Å². The van der Waals surface area contributed by atoms with Gasteiger partial charge in [0, 0.05) is 7.05 Å². The van der Waals surface area contributed by atoms with E-state index >= 15 is 0 Å². The summed E-state index contributed by atoms with van der Waals surface area (Å²) in [5.74, 6) is 0.566. The lowest BCUT2D eigenvalue weighted by molar-refractivity contribution is 0.260. The second-order valence-corrected chi connectivity index (χ2v) is 5.34. The number of ether oxygens (including phenoxy) is 1. The number of fused-ring (bicyclic) bond motifs is 1. The van der Waals surface area contributed by atoms with E-state index in [2.05, 4.69) is 23.1 Å². The largest absolute Gasteiger partial charge is 0.495 e. The van der Waals surface area contributed by atoms with Gasteiger partial charge in [-0.1, -0.05) is 31.0 Å². The van der Waals surface area contributed by atoms with Gasteiger partial charge < -0.3 is 14.6 Å². The first-order chi connectivity index (χ1) is 11.1. The number of hydrogen-bond donors (Lipinski definition) is 2. The second-order valence-electron chi connectivity index (χ2n) is 4.94. The zero-order valence-corrected chi connectivity index (χ0v) is 13.6. The van der Waals surface area contributed by atoms with Crippen molar-refractivity contribution in [3.05, 3.63) is 48.8 Å². The van der Waals surface area contributed by atoms with Crippen LogP contribution in [0, 0.1) is 0 Å². The Morgan fingerprint density at radius 1 is 1.26 bits per heavy atom. The monoisotopic (exact) mass is 328 g/mol. The van der Waals surface area contributed by atoms with Gasteiger partial charge in [-0.15, -0.1) is 0 Å². The molecular formula is C16H16N4O2S. The first kappa shape index (κ1) is 15.2. The Bertz CT molecular complexity index is 862. The number of carbonyl (C=O) groups is 1. The highest BCUT2D eigenvalue weighted by Gasteiger charge is 2.17. The van der Waals surface area contributed by atoms with Crippen molar-refractivity contribution < 1.29 is 9.53 Å². The Kier molecular flexibility index (Phi) is 4.12. The van der Waals surface area contributed by atoms with Crippen molar-refractivity contribution in [1.29, 1.82) is 0 Å². The molecule has 1 aromatic heterocycles. The molecule has 2 amide bonds. The molecular weight excluding hydrogens is 312 g/mol. The van der Waals surface area contributed by atoms with Crippen molar-refractivity contribution in [2.24, 2.45) is 7.05 Å². The Morgan fingerprint density at radius 2 is 2.04 bits per heavy atom. The fraction of sp³-hybridized carbons (Fsp3) is 0.125. The molecule has 0 unspecified atom stereocenters. The molecule has 23 heavy (non-hydrogen) atoms. The molecule has 0 atom stereocenters. The third-order valence-corrected chi connectivity index (χ3v) is 3.88. The normalized spacial score (nSPS) is 10.6. The quantitative estimate of drug-likeness (QED) is 0.724. The van der Waals surface area contributed by atoms with Crippen LogP contribution >= 0.6 is 12.8 Å². The van der Waals surface area contributed by atoms with Crippen LogP contribution in [0.4, 0.5) is 16.2 Å². The zero-order chi connectivity index (χ0) is 16.4. The smallest absolute Gasteiger partial charge is 0.336 e. The maximum Gasteiger partial charge on any atom is 0.336 e. The molecule has 0 aliphatic rings. The molecule has 0 saturated heterocycles. The second kappa shape index (κ2) is 6.21. The third-order valence-electron chi connectivity index (χ3n) is 3.48. The molecule has 6 nitrogen and oxygen atoms in total. The Balaban J connectivity index is 1.90. The predicted octanol–water partition coefficient (Wildman–Crippen LogP) is 3.47. The Labute approximate surface area is 139 Å². The van der Waals surface area contributed by atoms with Crippen LogP contribution in [0.15, 0.2) is 48.8 Å². The maximum absolute atomic E-state index is 12.5. The van der Waals surface area contributed by atoms with Crippen LogP contribution in [-0.4, -0.2) is 22.7 Å². The average molecular weight is 328 g/mol. The van der Waals surface area contributed by atoms with Gasteiger partial charge in [0.05, 0.1) is 35.8 Å². The fourth-order valence-electron chi connectivity index (χ4n) is 2.40. The highest BCUT2D eigenvalue weighted by atomic mass is 32.1. The number of aryl methyl sites for hydroxylation is 1. The summed E-state index contributed by atoms with van der Waals surface area (Å²) >= 11 is 4.29. The van der Waals surface area contributed by atoms with E-state index in [1.165, 1.54) is 4.31 Å². The summed E-state index contributed by atoms with van der Waals surface area (Å²) < 4.78 is 8.33. The van der Waals surface area contributed by atoms with Gasteiger partial charge in [-0.3, -0.25) is 0 Å². The molecule has 0 aliphatic carbocycles. The summed E-state index contributed by atoms with van der Waals surface area (Å²) in [6, 6.07) is 12.4. The topological polar surface area (TPSA) is 59.4 Å². The molecule has 0 radical (unpaired) electrons. The predicted molar refractivity (Wildman–Crippen MR) is 94.2 cm³/mol. The van der Waals surface area contributed by atoms with E-state index in [0.29, 0.717) is 17.1 Å². The minimum atomic E-state index is -0.383. The van der Waals surface area contributed by atoms with Crippen LogP contribution in [0.25, 0.3) is 11.0 Å². The molecule has 1 heterocycles. The molecule has 0 fully saturated rings. The van der Waals surface area contributed by atoms with E-state index in [-0.39, 0.29) is 6.03 Å². The number of nitrogens with zero attached hydrogens (tertiary/aromatic N) is 3. The lowest BCUT2D eigenvalue weighted by Gasteiger charge is -2.19. The molecule has 3 rings (SSSR count). The summed E-state index contributed by atoms with van der Waals surface area (Å²) in [7, 11) is 3.43. The van der Waals surface area contributed by atoms with Gasteiger partial charge in [-0.2, -0.15) is 0 Å². The van der Waals surface area contributed by atoms with E-state index in [9.17, 15) is 4.79 Å². The van der Waals surface area contributed by atoms with Crippen LogP contribution in [-0.2, 0) is 7.05 Å². The van der Waals surface area contributed by atoms with Crippen LogP contribution in [0.3, 0.4) is 0 Å². The standard InChI is InChI=1S/C16H16N4O2S/c1-19-10-17-11-6-5-7-12(15(11)19)18-16(21)20(23)13-8-3-4-9-14(13)22-2/h3-10,23H,1-2H3,(H,18,21). The lowest BCUT2D eigenvalue weighted by atomic mass is 10.2. The molecule has 3 aromatic rings. The number of hydrogen-bond acceptors (Lipinski definition) is 4. The Hall–Kier alpha value is -2.67. The lowest BCUT2D eigenvalue weighted by Crippen LogP contribution is -2.27. The molecule has 1 N–H and O–H groups in total. The molecule has 0 spiro atoms. The van der Waals surface area contributed by atoms with Gasteiger partial charge in [-0.25, -0.2) is 14.1 Å². The molecule has 7 heteroatoms. The Morgan fingerprint density at radius 3 is 2.83 bits per heavy atom. The molecule has 2 aromatic carbocycles. The van der Waals surface area contributed by atoms with E-state index < -0.39 is 0 Å². The SMILES string of the molecule is COc1ccccc1N(S)C(=O)Nc1cccc2ncn(C)c12. The summed E-state index contributed by atoms with van der Waals surface area (Å²) in [5.41, 5.74) is 2.89. The molecule has 0 saturated carbocycles. The number of anilines is 2. The minimum Gasteiger partial charge on any atom is -0.495 e. The number of para-hydroxylation sites is 3. The number of amides is 2. The number of benzene rings is 2. The van der Waals surface area contributed by atoms with Crippen molar-refractivity contribution in [2.75, 3.05) is 16.7 Å². The summed E-state index contributed by atoms with van der Waals surface area (Å²) in [4.78, 5) is 16.8. The maximum atomic E-state index is 12.5. The van der Waals surface area contributed by atoms with E-state index in [0.717, 1.165) is 11.0 Å². The highest BCUT2D eigenvalue weighted by molar-refractivity contribution is 7.82. The average Bonchev–Trinajstić information content (AvgIpc) is 2.96. The van der Waals surface area contributed by atoms with Crippen molar-refractivity contribution in [3.63, 3.8) is 0 Å². The highest BCUT2D eigenvalue weighted by Crippen LogP contribution is 2.30. The van der Waals surface area contributed by atoms with Crippen LogP contribution in [0.2, 0.25) is 0 Å². The fourth-order valence-corrected chi connectivity index (χ4v) is 2.61. The van der Waals surface area contributed by atoms with E-state index in [4.69, 9.17) is 4.74 Å². The number of carbonyl (C=O) groups excluding carboxylic acids is 1. The van der Waals surface area contributed by atoms with Crippen molar-refractivity contribution in [1.82, 2.24) is 9.55 Å². The zero-order valence-electron chi connectivity index (χ0n) is 12.7.